The highest BCUT2D eigenvalue weighted by Crippen LogP contribution is 2.27. The van der Waals surface area contributed by atoms with Gasteiger partial charge >= 0.3 is 6.36 Å². The average Bonchev–Trinajstić information content (AvgIpc) is 2.97. The van der Waals surface area contributed by atoms with Gasteiger partial charge in [-0.15, -0.1) is 13.2 Å². The number of amidine groups is 1. The molecule has 2 aromatic rings. The van der Waals surface area contributed by atoms with Crippen LogP contribution in [-0.2, 0) is 4.84 Å². The van der Waals surface area contributed by atoms with Crippen molar-refractivity contribution in [3.63, 3.8) is 0 Å². The quantitative estimate of drug-likeness (QED) is 0.852. The molecule has 0 amide bonds. The van der Waals surface area contributed by atoms with Crippen LogP contribution in [-0.4, -0.2) is 12.2 Å². The van der Waals surface area contributed by atoms with Gasteiger partial charge in [0.15, 0.2) is 5.84 Å². The summed E-state index contributed by atoms with van der Waals surface area (Å²) >= 11 is 0. The van der Waals surface area contributed by atoms with Gasteiger partial charge in [-0.05, 0) is 36.4 Å². The number of halogens is 3. The Morgan fingerprint density at radius 3 is 2.30 bits per heavy atom. The fourth-order valence-corrected chi connectivity index (χ4v) is 2.03. The smallest absolute Gasteiger partial charge is 0.406 e. The van der Waals surface area contributed by atoms with Gasteiger partial charge in [-0.25, -0.2) is 15.3 Å². The van der Waals surface area contributed by atoms with Gasteiger partial charge in [0.05, 0.1) is 0 Å². The van der Waals surface area contributed by atoms with Crippen LogP contribution in [0.1, 0.15) is 17.4 Å². The minimum absolute atomic E-state index is 0.296. The van der Waals surface area contributed by atoms with E-state index < -0.39 is 12.6 Å². The normalized spacial score (nSPS) is 17.5. The van der Waals surface area contributed by atoms with Crippen molar-refractivity contribution < 1.29 is 22.7 Å². The Labute approximate surface area is 129 Å². The molecule has 3 rings (SSSR count). The number of anilines is 1. The minimum atomic E-state index is -4.71. The molecule has 0 radical (unpaired) electrons. The van der Waals surface area contributed by atoms with Crippen molar-refractivity contribution in [3.8, 4) is 5.75 Å². The van der Waals surface area contributed by atoms with E-state index in [4.69, 9.17) is 10.6 Å². The number of ether oxygens (including phenoxy) is 1. The fraction of sp³-hybridized carbons (Fsp3) is 0.133. The van der Waals surface area contributed by atoms with E-state index in [1.165, 1.54) is 24.3 Å². The van der Waals surface area contributed by atoms with Crippen molar-refractivity contribution in [2.45, 2.75) is 12.6 Å². The molecule has 1 heterocycles. The van der Waals surface area contributed by atoms with E-state index in [2.05, 4.69) is 15.2 Å². The summed E-state index contributed by atoms with van der Waals surface area (Å²) in [6.45, 7) is 0. The molecule has 0 fully saturated rings. The molecule has 2 aromatic carbocycles. The lowest BCUT2D eigenvalue weighted by Crippen LogP contribution is -2.18. The molecule has 120 valence electrons. The predicted molar refractivity (Wildman–Crippen MR) is 77.5 cm³/mol. The highest BCUT2D eigenvalue weighted by Gasteiger charge is 2.31. The van der Waals surface area contributed by atoms with Crippen LogP contribution in [0, 0.1) is 0 Å². The highest BCUT2D eigenvalue weighted by molar-refractivity contribution is 5.99. The van der Waals surface area contributed by atoms with Gasteiger partial charge in [-0.3, -0.25) is 0 Å². The third-order valence-corrected chi connectivity index (χ3v) is 3.10. The van der Waals surface area contributed by atoms with Crippen LogP contribution in [0.3, 0.4) is 0 Å². The third kappa shape index (κ3) is 3.72. The molecule has 1 aliphatic rings. The van der Waals surface area contributed by atoms with Crippen LogP contribution in [0.4, 0.5) is 18.9 Å². The molecule has 0 bridgehead atoms. The molecule has 3 N–H and O–H groups in total. The second-order valence-corrected chi connectivity index (χ2v) is 4.79. The Morgan fingerprint density at radius 1 is 1.04 bits per heavy atom. The molecule has 1 atom stereocenters. The summed E-state index contributed by atoms with van der Waals surface area (Å²) in [5.74, 6) is 0.223. The monoisotopic (exact) mass is 323 g/mol. The number of hydrogen-bond acceptors (Lipinski definition) is 5. The van der Waals surface area contributed by atoms with Gasteiger partial charge in [0.25, 0.3) is 0 Å². The first-order valence-corrected chi connectivity index (χ1v) is 6.62. The third-order valence-electron chi connectivity index (χ3n) is 3.10. The molecule has 0 aromatic heterocycles. The lowest BCUT2D eigenvalue weighted by molar-refractivity contribution is -0.274. The highest BCUT2D eigenvalue weighted by atomic mass is 19.4. The lowest BCUT2D eigenvalue weighted by atomic mass is 10.2. The molecule has 1 aliphatic heterocycles. The summed E-state index contributed by atoms with van der Waals surface area (Å²) in [6, 6.07) is 12.4. The summed E-state index contributed by atoms with van der Waals surface area (Å²) in [7, 11) is 0. The fourth-order valence-electron chi connectivity index (χ4n) is 2.03. The summed E-state index contributed by atoms with van der Waals surface area (Å²) < 4.78 is 40.2. The van der Waals surface area contributed by atoms with Crippen molar-refractivity contribution in [3.05, 3.63) is 59.7 Å². The number of nitrogens with one attached hydrogen (secondary N) is 1. The van der Waals surface area contributed by atoms with Crippen molar-refractivity contribution in [1.82, 2.24) is 5.48 Å². The molecule has 0 spiro atoms. The zero-order valence-corrected chi connectivity index (χ0v) is 11.7. The Balaban J connectivity index is 1.74. The van der Waals surface area contributed by atoms with E-state index >= 15 is 0 Å². The number of hydrogen-bond donors (Lipinski definition) is 2. The number of hydroxylamine groups is 1. The SMILES string of the molecule is Nc1ccc(C2=NC(c3ccc(OC(F)(F)F)cc3)ON2)cc1. The van der Waals surface area contributed by atoms with Gasteiger partial charge in [0.2, 0.25) is 6.23 Å². The average molecular weight is 323 g/mol. The van der Waals surface area contributed by atoms with E-state index in [1.54, 1.807) is 24.3 Å². The summed E-state index contributed by atoms with van der Waals surface area (Å²) in [4.78, 5) is 9.67. The minimum Gasteiger partial charge on any atom is -0.406 e. The zero-order chi connectivity index (χ0) is 16.4. The number of benzene rings is 2. The maximum atomic E-state index is 12.1. The van der Waals surface area contributed by atoms with Gasteiger partial charge in [-0.1, -0.05) is 12.1 Å². The standard InChI is InChI=1S/C15H12F3N3O2/c16-15(17,18)22-12-7-3-10(4-8-12)14-20-13(21-23-14)9-1-5-11(19)6-2-9/h1-8,14H,19H2,(H,20,21). The van der Waals surface area contributed by atoms with Crippen LogP contribution in [0.25, 0.3) is 0 Å². The van der Waals surface area contributed by atoms with Crippen molar-refractivity contribution in [1.29, 1.82) is 0 Å². The van der Waals surface area contributed by atoms with Gasteiger partial charge < -0.3 is 10.5 Å². The van der Waals surface area contributed by atoms with Crippen molar-refractivity contribution in [2.75, 3.05) is 5.73 Å². The van der Waals surface area contributed by atoms with Crippen LogP contribution in [0.5, 0.6) is 5.75 Å². The van der Waals surface area contributed by atoms with Crippen LogP contribution >= 0.6 is 0 Å². The van der Waals surface area contributed by atoms with E-state index in [1.807, 2.05) is 0 Å². The maximum absolute atomic E-state index is 12.1. The molecule has 8 heteroatoms. The number of nitrogens with two attached hydrogens (primary N) is 1. The first-order valence-electron chi connectivity index (χ1n) is 6.62. The summed E-state index contributed by atoms with van der Waals surface area (Å²) in [5, 5.41) is 0. The topological polar surface area (TPSA) is 68.9 Å². The number of aliphatic imine (C=N–C) groups is 1. The largest absolute Gasteiger partial charge is 0.573 e. The van der Waals surface area contributed by atoms with E-state index in [0.717, 1.165) is 5.56 Å². The maximum Gasteiger partial charge on any atom is 0.573 e. The van der Waals surface area contributed by atoms with Crippen LogP contribution in [0.2, 0.25) is 0 Å². The zero-order valence-electron chi connectivity index (χ0n) is 11.7. The Bertz CT molecular complexity index is 712. The predicted octanol–water partition coefficient (Wildman–Crippen LogP) is 3.15. The molecular formula is C15H12F3N3O2. The van der Waals surface area contributed by atoms with Crippen molar-refractivity contribution in [2.24, 2.45) is 4.99 Å². The van der Waals surface area contributed by atoms with Crippen molar-refractivity contribution >= 4 is 11.5 Å². The lowest BCUT2D eigenvalue weighted by Gasteiger charge is -2.10. The van der Waals surface area contributed by atoms with Gasteiger partial charge in [-0.2, -0.15) is 0 Å². The summed E-state index contributed by atoms with van der Waals surface area (Å²) in [5.41, 5.74) is 10.3. The van der Waals surface area contributed by atoms with E-state index in [9.17, 15) is 13.2 Å². The first-order chi connectivity index (χ1) is 10.9. The number of nitrogens with zero attached hydrogens (tertiary/aromatic N) is 1. The van der Waals surface area contributed by atoms with Crippen LogP contribution in [0.15, 0.2) is 53.5 Å². The molecule has 0 saturated carbocycles. The second kappa shape index (κ2) is 5.81. The first kappa shape index (κ1) is 15.2. The molecule has 5 nitrogen and oxygen atoms in total. The molecule has 0 aliphatic carbocycles. The summed E-state index contributed by atoms with van der Waals surface area (Å²) in [6.07, 6.45) is -5.37. The number of rotatable bonds is 3. The Kier molecular flexibility index (Phi) is 3.83. The molecule has 23 heavy (non-hydrogen) atoms. The molecular weight excluding hydrogens is 311 g/mol. The number of alkyl halides is 3. The molecule has 1 unspecified atom stereocenters. The Hall–Kier alpha value is -2.74. The number of nitrogen functional groups attached to an aromatic ring is 1. The second-order valence-electron chi connectivity index (χ2n) is 4.79. The van der Waals surface area contributed by atoms with E-state index in [0.29, 0.717) is 17.1 Å². The van der Waals surface area contributed by atoms with Gasteiger partial charge in [0.1, 0.15) is 5.75 Å². The van der Waals surface area contributed by atoms with E-state index in [-0.39, 0.29) is 5.75 Å². The molecule has 0 saturated heterocycles. The van der Waals surface area contributed by atoms with Gasteiger partial charge in [0, 0.05) is 16.8 Å². The Morgan fingerprint density at radius 2 is 1.70 bits per heavy atom. The van der Waals surface area contributed by atoms with Crippen LogP contribution < -0.4 is 16.0 Å².